The first-order chi connectivity index (χ1) is 6.57. The first kappa shape index (κ1) is 13.5. The van der Waals surface area contributed by atoms with Crippen molar-refractivity contribution < 1.29 is 0 Å². The molecule has 4 heteroatoms. The van der Waals surface area contributed by atoms with Gasteiger partial charge in [0.05, 0.1) is 6.54 Å². The van der Waals surface area contributed by atoms with E-state index in [-0.39, 0.29) is 5.16 Å². The zero-order valence-corrected chi connectivity index (χ0v) is 10.3. The van der Waals surface area contributed by atoms with E-state index < -0.39 is 0 Å². The molecule has 78 valence electrons. The van der Waals surface area contributed by atoms with Crippen molar-refractivity contribution in [3.05, 3.63) is 22.7 Å². The molecule has 0 N–H and O–H groups in total. The van der Waals surface area contributed by atoms with Crippen LogP contribution in [0.3, 0.4) is 0 Å². The second-order valence-corrected chi connectivity index (χ2v) is 3.79. The van der Waals surface area contributed by atoms with Crippen LogP contribution in [0.2, 0.25) is 0 Å². The molecule has 14 heavy (non-hydrogen) atoms. The van der Waals surface area contributed by atoms with Gasteiger partial charge in [-0.05, 0) is 31.1 Å². The van der Waals surface area contributed by atoms with Gasteiger partial charge in [-0.2, -0.15) is 0 Å². The zero-order chi connectivity index (χ0) is 11.0. The fourth-order valence-electron chi connectivity index (χ4n) is 0.704. The Kier molecular flexibility index (Phi) is 7.52. The fraction of sp³-hybridized carbons (Fsp3) is 0.400. The maximum absolute atomic E-state index is 5.45. The van der Waals surface area contributed by atoms with E-state index in [1.54, 1.807) is 18.0 Å². The highest BCUT2D eigenvalue weighted by Crippen LogP contribution is 2.04. The van der Waals surface area contributed by atoms with Crippen molar-refractivity contribution >= 4 is 35.3 Å². The summed E-state index contributed by atoms with van der Waals surface area (Å²) in [7, 11) is 0. The van der Waals surface area contributed by atoms with E-state index in [0.717, 1.165) is 5.71 Å². The van der Waals surface area contributed by atoms with Gasteiger partial charge >= 0.3 is 0 Å². The van der Waals surface area contributed by atoms with Crippen molar-refractivity contribution in [2.24, 2.45) is 9.98 Å². The molecule has 0 aliphatic heterocycles. The summed E-state index contributed by atoms with van der Waals surface area (Å²) in [6.07, 6.45) is 3.67. The minimum Gasteiger partial charge on any atom is -0.284 e. The lowest BCUT2D eigenvalue weighted by Crippen LogP contribution is -1.95. The van der Waals surface area contributed by atoms with E-state index >= 15 is 0 Å². The summed E-state index contributed by atoms with van der Waals surface area (Å²) >= 11 is 7.12. The van der Waals surface area contributed by atoms with Gasteiger partial charge in [-0.1, -0.05) is 18.2 Å². The second kappa shape index (κ2) is 7.83. The molecule has 0 rings (SSSR count). The van der Waals surface area contributed by atoms with Gasteiger partial charge in [0.1, 0.15) is 5.16 Å². The van der Waals surface area contributed by atoms with Crippen LogP contribution in [0.1, 0.15) is 13.8 Å². The van der Waals surface area contributed by atoms with Crippen LogP contribution < -0.4 is 0 Å². The first-order valence-electron chi connectivity index (χ1n) is 4.16. The Bertz CT molecular complexity index is 280. The molecule has 0 fully saturated rings. The normalized spacial score (nSPS) is 13.7. The Labute approximate surface area is 94.9 Å². The van der Waals surface area contributed by atoms with E-state index in [4.69, 9.17) is 11.6 Å². The van der Waals surface area contributed by atoms with Crippen LogP contribution in [0.25, 0.3) is 0 Å². The minimum absolute atomic E-state index is 0.286. The van der Waals surface area contributed by atoms with Gasteiger partial charge < -0.3 is 0 Å². The van der Waals surface area contributed by atoms with E-state index in [2.05, 4.69) is 22.0 Å². The highest BCUT2D eigenvalue weighted by Gasteiger charge is 1.91. The van der Waals surface area contributed by atoms with Gasteiger partial charge in [-0.25, -0.2) is 4.99 Å². The van der Waals surface area contributed by atoms with Gasteiger partial charge in [0, 0.05) is 11.9 Å². The van der Waals surface area contributed by atoms with Crippen molar-refractivity contribution in [1.29, 1.82) is 0 Å². The van der Waals surface area contributed by atoms with Crippen molar-refractivity contribution in [3.63, 3.8) is 0 Å². The highest BCUT2D eigenvalue weighted by atomic mass is 35.5. The summed E-state index contributed by atoms with van der Waals surface area (Å²) in [6.45, 7) is 7.99. The largest absolute Gasteiger partial charge is 0.284 e. The monoisotopic (exact) mass is 230 g/mol. The SMILES string of the molecule is C=C(Cl)/N=C\C/N=C(C)/C(C)=C\SC. The summed E-state index contributed by atoms with van der Waals surface area (Å²) in [5.41, 5.74) is 2.20. The maximum atomic E-state index is 5.45. The van der Waals surface area contributed by atoms with Gasteiger partial charge in [-0.3, -0.25) is 4.99 Å². The molecule has 0 radical (unpaired) electrons. The van der Waals surface area contributed by atoms with Crippen LogP contribution in [0.4, 0.5) is 0 Å². The van der Waals surface area contributed by atoms with E-state index in [9.17, 15) is 0 Å². The van der Waals surface area contributed by atoms with Crippen LogP contribution in [0.15, 0.2) is 32.7 Å². The van der Waals surface area contributed by atoms with Gasteiger partial charge in [0.25, 0.3) is 0 Å². The quantitative estimate of drug-likeness (QED) is 0.524. The molecule has 0 saturated carbocycles. The third kappa shape index (κ3) is 6.92. The summed E-state index contributed by atoms with van der Waals surface area (Å²) in [5.74, 6) is 0. The van der Waals surface area contributed by atoms with Crippen LogP contribution in [0, 0.1) is 0 Å². The maximum Gasteiger partial charge on any atom is 0.121 e. The Hall–Kier alpha value is -0.540. The molecule has 0 aromatic carbocycles. The van der Waals surface area contributed by atoms with E-state index in [1.165, 1.54) is 5.57 Å². The van der Waals surface area contributed by atoms with Crippen molar-refractivity contribution in [3.8, 4) is 0 Å². The molecule has 0 saturated heterocycles. The lowest BCUT2D eigenvalue weighted by Gasteiger charge is -1.97. The third-order valence-corrected chi connectivity index (χ3v) is 2.19. The smallest absolute Gasteiger partial charge is 0.121 e. The summed E-state index contributed by atoms with van der Waals surface area (Å²) in [6, 6.07) is 0. The lowest BCUT2D eigenvalue weighted by atomic mass is 10.2. The van der Waals surface area contributed by atoms with Gasteiger partial charge in [-0.15, -0.1) is 11.8 Å². The predicted octanol–water partition coefficient (Wildman–Crippen LogP) is 3.49. The molecule has 0 aromatic rings. The number of hydrogen-bond donors (Lipinski definition) is 0. The fourth-order valence-corrected chi connectivity index (χ4v) is 1.30. The van der Waals surface area contributed by atoms with Gasteiger partial charge in [0.15, 0.2) is 0 Å². The highest BCUT2D eigenvalue weighted by molar-refractivity contribution is 8.01. The summed E-state index contributed by atoms with van der Waals surface area (Å²) in [4.78, 5) is 8.12. The number of rotatable bonds is 5. The first-order valence-corrected chi connectivity index (χ1v) is 5.82. The Morgan fingerprint density at radius 3 is 2.64 bits per heavy atom. The average molecular weight is 231 g/mol. The van der Waals surface area contributed by atoms with Crippen LogP contribution in [0.5, 0.6) is 0 Å². The van der Waals surface area contributed by atoms with E-state index in [1.807, 2.05) is 20.1 Å². The topological polar surface area (TPSA) is 24.7 Å². The van der Waals surface area contributed by atoms with Gasteiger partial charge in [0.2, 0.25) is 0 Å². The molecule has 0 amide bonds. The molecular weight excluding hydrogens is 216 g/mol. The lowest BCUT2D eigenvalue weighted by molar-refractivity contribution is 1.29. The van der Waals surface area contributed by atoms with Crippen LogP contribution in [-0.4, -0.2) is 24.7 Å². The molecule has 0 spiro atoms. The standard InChI is InChI=1S/C10H15ClN2S/c1-8(7-14-4)9(2)12-5-6-13-10(3)11/h6-7H,3,5H2,1-2,4H3/b8-7-,12-9+,13-6-. The summed E-state index contributed by atoms with van der Waals surface area (Å²) < 4.78 is 0. The molecular formula is C10H15ClN2S. The number of halogens is 1. The second-order valence-electron chi connectivity index (χ2n) is 2.65. The molecule has 0 bridgehead atoms. The Balaban J connectivity index is 4.13. The molecule has 0 unspecified atom stereocenters. The molecule has 2 nitrogen and oxygen atoms in total. The number of nitrogens with zero attached hydrogens (tertiary/aromatic N) is 2. The van der Waals surface area contributed by atoms with Crippen LogP contribution >= 0.6 is 23.4 Å². The molecule has 0 aliphatic carbocycles. The van der Waals surface area contributed by atoms with Crippen LogP contribution in [-0.2, 0) is 0 Å². The Morgan fingerprint density at radius 2 is 2.14 bits per heavy atom. The molecule has 0 atom stereocenters. The zero-order valence-electron chi connectivity index (χ0n) is 8.75. The van der Waals surface area contributed by atoms with E-state index in [0.29, 0.717) is 6.54 Å². The number of aliphatic imine (C=N–C) groups is 2. The molecule has 0 aliphatic rings. The minimum atomic E-state index is 0.286. The van der Waals surface area contributed by atoms with Crippen molar-refractivity contribution in [2.75, 3.05) is 12.8 Å². The summed E-state index contributed by atoms with van der Waals surface area (Å²) in [5, 5.41) is 2.35. The Morgan fingerprint density at radius 1 is 1.50 bits per heavy atom. The van der Waals surface area contributed by atoms with Crippen molar-refractivity contribution in [1.82, 2.24) is 0 Å². The third-order valence-electron chi connectivity index (χ3n) is 1.51. The number of hydrogen-bond acceptors (Lipinski definition) is 3. The van der Waals surface area contributed by atoms with Crippen molar-refractivity contribution in [2.45, 2.75) is 13.8 Å². The molecule has 0 aromatic heterocycles. The number of allylic oxidation sites excluding steroid dienone is 1. The molecule has 0 heterocycles. The predicted molar refractivity (Wildman–Crippen MR) is 68.7 cm³/mol. The average Bonchev–Trinajstić information content (AvgIpc) is 2.12. The number of thioether (sulfide) groups is 1.